The van der Waals surface area contributed by atoms with Crippen molar-refractivity contribution in [2.75, 3.05) is 5.73 Å². The zero-order valence-corrected chi connectivity index (χ0v) is 15.2. The number of benzene rings is 1. The first kappa shape index (κ1) is 17.1. The summed E-state index contributed by atoms with van der Waals surface area (Å²) in [4.78, 5) is 23.5. The van der Waals surface area contributed by atoms with Crippen molar-refractivity contribution < 1.29 is 4.79 Å². The smallest absolute Gasteiger partial charge is 0.225 e. The van der Waals surface area contributed by atoms with Gasteiger partial charge in [-0.2, -0.15) is 0 Å². The number of tetrazole rings is 1. The van der Waals surface area contributed by atoms with Crippen molar-refractivity contribution in [1.29, 1.82) is 0 Å². The maximum atomic E-state index is 12.8. The first-order valence-electron chi connectivity index (χ1n) is 8.76. The van der Waals surface area contributed by atoms with Gasteiger partial charge in [0.05, 0.1) is 30.5 Å². The molecule has 0 aliphatic carbocycles. The number of amides is 1. The fraction of sp³-hybridized carbons (Fsp3) is 0.333. The Kier molecular flexibility index (Phi) is 4.27. The highest BCUT2D eigenvalue weighted by Crippen LogP contribution is 2.38. The Hall–Kier alpha value is -3.36. The van der Waals surface area contributed by atoms with Crippen LogP contribution >= 0.6 is 0 Å². The standard InChI is InChI=1S/C18H20N8O/c1-11-4-3-5-13(8-11)17-14-9-26(12(2)16(14)21-18(19)22-17)15(27)6-7-25-10-20-23-24-25/h3-5,8,10,12H,6-7,9H2,1-2H3,(H2,19,21,22). The van der Waals surface area contributed by atoms with E-state index < -0.39 is 0 Å². The number of hydrogen-bond donors (Lipinski definition) is 1. The molecule has 4 rings (SSSR count). The molecule has 1 aliphatic rings. The zero-order chi connectivity index (χ0) is 19.0. The number of nitrogens with zero attached hydrogens (tertiary/aromatic N) is 7. The number of aryl methyl sites for hydroxylation is 2. The van der Waals surface area contributed by atoms with Gasteiger partial charge < -0.3 is 10.6 Å². The topological polar surface area (TPSA) is 116 Å². The summed E-state index contributed by atoms with van der Waals surface area (Å²) in [6.07, 6.45) is 1.81. The van der Waals surface area contributed by atoms with Crippen molar-refractivity contribution in [3.8, 4) is 11.3 Å². The number of anilines is 1. The van der Waals surface area contributed by atoms with E-state index in [1.807, 2.05) is 36.9 Å². The molecule has 0 fully saturated rings. The molecule has 1 unspecified atom stereocenters. The lowest BCUT2D eigenvalue weighted by molar-refractivity contribution is -0.133. The summed E-state index contributed by atoms with van der Waals surface area (Å²) < 4.78 is 1.54. The largest absolute Gasteiger partial charge is 0.368 e. The maximum absolute atomic E-state index is 12.8. The molecule has 9 nitrogen and oxygen atoms in total. The molecule has 0 saturated heterocycles. The van der Waals surface area contributed by atoms with Crippen LogP contribution in [0, 0.1) is 6.92 Å². The average molecular weight is 364 g/mol. The van der Waals surface area contributed by atoms with E-state index in [1.165, 1.54) is 6.33 Å². The van der Waals surface area contributed by atoms with Gasteiger partial charge in [0, 0.05) is 17.5 Å². The van der Waals surface area contributed by atoms with Gasteiger partial charge in [-0.1, -0.05) is 23.8 Å². The summed E-state index contributed by atoms with van der Waals surface area (Å²) in [6, 6.07) is 7.93. The normalized spacial score (nSPS) is 15.8. The van der Waals surface area contributed by atoms with E-state index in [4.69, 9.17) is 5.73 Å². The molecule has 1 amide bonds. The minimum atomic E-state index is -0.157. The molecular weight excluding hydrogens is 344 g/mol. The lowest BCUT2D eigenvalue weighted by Gasteiger charge is -2.21. The van der Waals surface area contributed by atoms with Crippen LogP contribution in [0.2, 0.25) is 0 Å². The number of nitrogen functional groups attached to an aromatic ring is 1. The number of nitrogens with two attached hydrogens (primary N) is 1. The number of fused-ring (bicyclic) bond motifs is 1. The van der Waals surface area contributed by atoms with Gasteiger partial charge in [-0.05, 0) is 30.3 Å². The van der Waals surface area contributed by atoms with Crippen LogP contribution in [-0.4, -0.2) is 41.0 Å². The third-order valence-corrected chi connectivity index (χ3v) is 4.81. The minimum Gasteiger partial charge on any atom is -0.368 e. The van der Waals surface area contributed by atoms with Crippen LogP contribution in [0.3, 0.4) is 0 Å². The Morgan fingerprint density at radius 1 is 1.33 bits per heavy atom. The molecule has 0 saturated carbocycles. The second-order valence-electron chi connectivity index (χ2n) is 6.68. The SMILES string of the molecule is Cc1cccc(-c2nc(N)nc3c2CN(C(=O)CCn2cnnn2)C3C)c1. The Balaban J connectivity index is 1.62. The van der Waals surface area contributed by atoms with E-state index in [0.29, 0.717) is 19.5 Å². The molecule has 138 valence electrons. The van der Waals surface area contributed by atoms with Gasteiger partial charge in [0.1, 0.15) is 6.33 Å². The number of aromatic nitrogens is 6. The first-order valence-corrected chi connectivity index (χ1v) is 8.76. The van der Waals surface area contributed by atoms with Gasteiger partial charge in [-0.3, -0.25) is 4.79 Å². The second-order valence-corrected chi connectivity index (χ2v) is 6.68. The Bertz CT molecular complexity index is 985. The van der Waals surface area contributed by atoms with Gasteiger partial charge in [0.25, 0.3) is 0 Å². The van der Waals surface area contributed by atoms with Crippen LogP contribution < -0.4 is 5.73 Å². The van der Waals surface area contributed by atoms with Crippen LogP contribution in [0.4, 0.5) is 5.95 Å². The van der Waals surface area contributed by atoms with E-state index >= 15 is 0 Å². The molecule has 9 heteroatoms. The minimum absolute atomic E-state index is 0.0183. The average Bonchev–Trinajstić information content (AvgIpc) is 3.28. The summed E-state index contributed by atoms with van der Waals surface area (Å²) in [5.41, 5.74) is 10.6. The maximum Gasteiger partial charge on any atom is 0.225 e. The Morgan fingerprint density at radius 2 is 2.19 bits per heavy atom. The molecule has 0 radical (unpaired) electrons. The summed E-state index contributed by atoms with van der Waals surface area (Å²) in [6.45, 7) is 4.90. The van der Waals surface area contributed by atoms with Crippen molar-refractivity contribution in [2.45, 2.75) is 39.4 Å². The summed E-state index contributed by atoms with van der Waals surface area (Å²) in [5.74, 6) is 0.241. The molecule has 1 aromatic carbocycles. The highest BCUT2D eigenvalue weighted by atomic mass is 16.2. The first-order chi connectivity index (χ1) is 13.0. The van der Waals surface area contributed by atoms with Gasteiger partial charge in [-0.15, -0.1) is 5.10 Å². The van der Waals surface area contributed by atoms with Crippen molar-refractivity contribution in [3.63, 3.8) is 0 Å². The van der Waals surface area contributed by atoms with Crippen LogP contribution in [-0.2, 0) is 17.9 Å². The van der Waals surface area contributed by atoms with Crippen LogP contribution in [0.5, 0.6) is 0 Å². The molecule has 3 aromatic rings. The molecule has 27 heavy (non-hydrogen) atoms. The summed E-state index contributed by atoms with van der Waals surface area (Å²) in [7, 11) is 0. The lowest BCUT2D eigenvalue weighted by Crippen LogP contribution is -2.29. The molecule has 3 heterocycles. The predicted molar refractivity (Wildman–Crippen MR) is 98.0 cm³/mol. The van der Waals surface area contributed by atoms with Crippen molar-refractivity contribution in [2.24, 2.45) is 0 Å². The molecule has 2 N–H and O–H groups in total. The van der Waals surface area contributed by atoms with Crippen molar-refractivity contribution in [1.82, 2.24) is 35.1 Å². The fourth-order valence-corrected chi connectivity index (χ4v) is 3.45. The Morgan fingerprint density at radius 3 is 2.93 bits per heavy atom. The monoisotopic (exact) mass is 364 g/mol. The van der Waals surface area contributed by atoms with Gasteiger partial charge in [-0.25, -0.2) is 14.6 Å². The molecule has 0 spiro atoms. The summed E-state index contributed by atoms with van der Waals surface area (Å²) >= 11 is 0. The summed E-state index contributed by atoms with van der Waals surface area (Å²) in [5, 5.41) is 11.0. The molecule has 1 aliphatic heterocycles. The number of hydrogen-bond acceptors (Lipinski definition) is 7. The highest BCUT2D eigenvalue weighted by Gasteiger charge is 2.34. The fourth-order valence-electron chi connectivity index (χ4n) is 3.45. The van der Waals surface area contributed by atoms with Crippen molar-refractivity contribution >= 4 is 11.9 Å². The number of carbonyl (C=O) groups is 1. The van der Waals surface area contributed by atoms with E-state index in [2.05, 4.69) is 31.6 Å². The molecular formula is C18H20N8O. The van der Waals surface area contributed by atoms with E-state index in [0.717, 1.165) is 28.1 Å². The lowest BCUT2D eigenvalue weighted by atomic mass is 10.0. The third kappa shape index (κ3) is 3.23. The molecule has 2 aromatic heterocycles. The van der Waals surface area contributed by atoms with E-state index in [-0.39, 0.29) is 17.9 Å². The van der Waals surface area contributed by atoms with Gasteiger partial charge in [0.15, 0.2) is 0 Å². The number of rotatable bonds is 4. The Labute approximate surface area is 156 Å². The van der Waals surface area contributed by atoms with Gasteiger partial charge >= 0.3 is 0 Å². The molecule has 0 bridgehead atoms. The van der Waals surface area contributed by atoms with E-state index in [1.54, 1.807) is 4.68 Å². The van der Waals surface area contributed by atoms with Crippen molar-refractivity contribution in [3.05, 3.63) is 47.4 Å². The predicted octanol–water partition coefficient (Wildman–Crippen LogP) is 1.51. The molecule has 1 atom stereocenters. The van der Waals surface area contributed by atoms with E-state index in [9.17, 15) is 4.79 Å². The number of carbonyl (C=O) groups excluding carboxylic acids is 1. The second kappa shape index (κ2) is 6.75. The highest BCUT2D eigenvalue weighted by molar-refractivity contribution is 5.78. The quantitative estimate of drug-likeness (QED) is 0.746. The van der Waals surface area contributed by atoms with Crippen LogP contribution in [0.15, 0.2) is 30.6 Å². The third-order valence-electron chi connectivity index (χ3n) is 4.81. The van der Waals surface area contributed by atoms with Gasteiger partial charge in [0.2, 0.25) is 11.9 Å². The zero-order valence-electron chi connectivity index (χ0n) is 15.2. The van der Waals surface area contributed by atoms with Crippen LogP contribution in [0.25, 0.3) is 11.3 Å². The van der Waals surface area contributed by atoms with Crippen LogP contribution in [0.1, 0.15) is 36.2 Å².